The largest absolute Gasteiger partial charge is 0.393 e. The second-order valence-corrected chi connectivity index (χ2v) is 7.21. The fourth-order valence-corrected chi connectivity index (χ4v) is 3.25. The number of nitrogens with two attached hydrogens (primary N) is 1. The van der Waals surface area contributed by atoms with Gasteiger partial charge in [-0.2, -0.15) is 0 Å². The van der Waals surface area contributed by atoms with Crippen LogP contribution in [0, 0.1) is 5.92 Å². The van der Waals surface area contributed by atoms with Gasteiger partial charge in [0.2, 0.25) is 0 Å². The van der Waals surface area contributed by atoms with Crippen LogP contribution in [-0.2, 0) is 0 Å². The van der Waals surface area contributed by atoms with Crippen molar-refractivity contribution >= 4 is 0 Å². The predicted octanol–water partition coefficient (Wildman–Crippen LogP) is 4.39. The average molecular weight is 316 g/mol. The van der Waals surface area contributed by atoms with Gasteiger partial charge in [0, 0.05) is 6.04 Å². The lowest BCUT2D eigenvalue weighted by molar-refractivity contribution is 0.107. The Morgan fingerprint density at radius 1 is 0.727 bits per heavy atom. The van der Waals surface area contributed by atoms with Gasteiger partial charge in [-0.05, 0) is 39.0 Å². The van der Waals surface area contributed by atoms with Crippen LogP contribution in [0.2, 0.25) is 0 Å². The van der Waals surface area contributed by atoms with Crippen LogP contribution in [0.1, 0.15) is 97.8 Å². The first kappa shape index (κ1) is 21.9. The molecule has 22 heavy (non-hydrogen) atoms. The van der Waals surface area contributed by atoms with Crippen molar-refractivity contribution in [1.29, 1.82) is 0 Å². The minimum Gasteiger partial charge on any atom is -0.393 e. The Morgan fingerprint density at radius 2 is 1.14 bits per heavy atom. The zero-order valence-corrected chi connectivity index (χ0v) is 15.3. The standard InChI is InChI=1S/C19H41NO2/c1-4-5-6-7-8-9-10-11-12-13-19(20)18(14-16(2)21)15-17(3)22/h16-19,21-22H,4-15,20H2,1-3H3. The molecule has 3 nitrogen and oxygen atoms in total. The number of aliphatic hydroxyl groups excluding tert-OH is 2. The van der Waals surface area contributed by atoms with Crippen molar-refractivity contribution in [3.63, 3.8) is 0 Å². The number of hydrogen-bond acceptors (Lipinski definition) is 3. The predicted molar refractivity (Wildman–Crippen MR) is 95.9 cm³/mol. The van der Waals surface area contributed by atoms with Crippen LogP contribution in [0.3, 0.4) is 0 Å². The van der Waals surface area contributed by atoms with E-state index in [4.69, 9.17) is 5.73 Å². The van der Waals surface area contributed by atoms with Crippen LogP contribution in [0.25, 0.3) is 0 Å². The molecular weight excluding hydrogens is 274 g/mol. The molecule has 0 aromatic heterocycles. The highest BCUT2D eigenvalue weighted by molar-refractivity contribution is 4.76. The van der Waals surface area contributed by atoms with Crippen LogP contribution in [-0.4, -0.2) is 28.5 Å². The van der Waals surface area contributed by atoms with Crippen LogP contribution >= 0.6 is 0 Å². The van der Waals surface area contributed by atoms with Crippen LogP contribution in [0.4, 0.5) is 0 Å². The van der Waals surface area contributed by atoms with Gasteiger partial charge in [0.1, 0.15) is 0 Å². The second kappa shape index (κ2) is 14.5. The summed E-state index contributed by atoms with van der Waals surface area (Å²) in [7, 11) is 0. The first-order valence-corrected chi connectivity index (χ1v) is 9.59. The number of hydrogen-bond donors (Lipinski definition) is 3. The monoisotopic (exact) mass is 315 g/mol. The van der Waals surface area contributed by atoms with Gasteiger partial charge in [-0.25, -0.2) is 0 Å². The first-order valence-electron chi connectivity index (χ1n) is 9.59. The van der Waals surface area contributed by atoms with Gasteiger partial charge in [-0.3, -0.25) is 0 Å². The van der Waals surface area contributed by atoms with Crippen molar-refractivity contribution in [3.8, 4) is 0 Å². The zero-order valence-electron chi connectivity index (χ0n) is 15.3. The number of aliphatic hydroxyl groups is 2. The normalized spacial score (nSPS) is 17.2. The highest BCUT2D eigenvalue weighted by Gasteiger charge is 2.21. The summed E-state index contributed by atoms with van der Waals surface area (Å²) >= 11 is 0. The van der Waals surface area contributed by atoms with E-state index in [1.165, 1.54) is 57.8 Å². The molecule has 0 aromatic carbocycles. The van der Waals surface area contributed by atoms with E-state index in [0.29, 0.717) is 12.8 Å². The molecule has 0 aliphatic rings. The van der Waals surface area contributed by atoms with Gasteiger partial charge in [0.05, 0.1) is 12.2 Å². The van der Waals surface area contributed by atoms with E-state index in [-0.39, 0.29) is 24.2 Å². The molecule has 0 aliphatic carbocycles. The van der Waals surface area contributed by atoms with Gasteiger partial charge in [0.25, 0.3) is 0 Å². The Labute approximate surface area is 138 Å². The number of rotatable bonds is 15. The molecule has 0 saturated heterocycles. The van der Waals surface area contributed by atoms with Crippen molar-refractivity contribution in [3.05, 3.63) is 0 Å². The second-order valence-electron chi connectivity index (χ2n) is 7.21. The molecule has 0 saturated carbocycles. The average Bonchev–Trinajstić information content (AvgIpc) is 2.43. The first-order chi connectivity index (χ1) is 10.5. The SMILES string of the molecule is CCCCCCCCCCCC(N)C(CC(C)O)CC(C)O. The van der Waals surface area contributed by atoms with Gasteiger partial charge in [-0.1, -0.05) is 64.7 Å². The Balaban J connectivity index is 3.68. The van der Waals surface area contributed by atoms with E-state index >= 15 is 0 Å². The summed E-state index contributed by atoms with van der Waals surface area (Å²) in [6, 6.07) is 0.105. The minimum absolute atomic E-state index is 0.105. The molecule has 0 bridgehead atoms. The minimum atomic E-state index is -0.335. The van der Waals surface area contributed by atoms with Crippen LogP contribution in [0.5, 0.6) is 0 Å². The molecule has 0 rings (SSSR count). The van der Waals surface area contributed by atoms with Crippen LogP contribution in [0.15, 0.2) is 0 Å². The van der Waals surface area contributed by atoms with Crippen molar-refractivity contribution in [2.45, 2.75) is 116 Å². The third kappa shape index (κ3) is 13.5. The summed E-state index contributed by atoms with van der Waals surface area (Å²) in [5.74, 6) is 0.231. The Hall–Kier alpha value is -0.120. The highest BCUT2D eigenvalue weighted by Crippen LogP contribution is 2.21. The fourth-order valence-electron chi connectivity index (χ4n) is 3.25. The third-order valence-electron chi connectivity index (χ3n) is 4.53. The quantitative estimate of drug-likeness (QED) is 0.393. The lowest BCUT2D eigenvalue weighted by Crippen LogP contribution is -2.34. The maximum atomic E-state index is 9.58. The van der Waals surface area contributed by atoms with E-state index in [2.05, 4.69) is 6.92 Å². The van der Waals surface area contributed by atoms with Crippen molar-refractivity contribution in [1.82, 2.24) is 0 Å². The van der Waals surface area contributed by atoms with E-state index in [0.717, 1.165) is 6.42 Å². The summed E-state index contributed by atoms with van der Waals surface area (Å²) in [4.78, 5) is 0. The van der Waals surface area contributed by atoms with Gasteiger partial charge in [0.15, 0.2) is 0 Å². The molecule has 4 N–H and O–H groups in total. The molecule has 0 aromatic rings. The maximum Gasteiger partial charge on any atom is 0.0515 e. The van der Waals surface area contributed by atoms with Crippen molar-refractivity contribution in [2.75, 3.05) is 0 Å². The molecule has 0 radical (unpaired) electrons. The molecular formula is C19H41NO2. The molecule has 3 atom stereocenters. The molecule has 0 heterocycles. The molecule has 0 amide bonds. The van der Waals surface area contributed by atoms with E-state index in [9.17, 15) is 10.2 Å². The summed E-state index contributed by atoms with van der Waals surface area (Å²) < 4.78 is 0. The fraction of sp³-hybridized carbons (Fsp3) is 1.00. The summed E-state index contributed by atoms with van der Waals surface area (Å²) in [5, 5.41) is 19.2. The van der Waals surface area contributed by atoms with Crippen LogP contribution < -0.4 is 5.73 Å². The Morgan fingerprint density at radius 3 is 1.55 bits per heavy atom. The number of unbranched alkanes of at least 4 members (excludes halogenated alkanes) is 8. The smallest absolute Gasteiger partial charge is 0.0515 e. The Kier molecular flexibility index (Phi) is 14.4. The Bertz CT molecular complexity index is 221. The van der Waals surface area contributed by atoms with E-state index < -0.39 is 0 Å². The molecule has 3 heteroatoms. The molecule has 0 aliphatic heterocycles. The summed E-state index contributed by atoms with van der Waals surface area (Å²) in [5.41, 5.74) is 6.29. The van der Waals surface area contributed by atoms with E-state index in [1.807, 2.05) is 0 Å². The van der Waals surface area contributed by atoms with Crippen molar-refractivity contribution < 1.29 is 10.2 Å². The topological polar surface area (TPSA) is 66.5 Å². The van der Waals surface area contributed by atoms with Crippen molar-refractivity contribution in [2.24, 2.45) is 11.7 Å². The van der Waals surface area contributed by atoms with Gasteiger partial charge < -0.3 is 15.9 Å². The third-order valence-corrected chi connectivity index (χ3v) is 4.53. The lowest BCUT2D eigenvalue weighted by Gasteiger charge is -2.26. The van der Waals surface area contributed by atoms with Gasteiger partial charge in [-0.15, -0.1) is 0 Å². The highest BCUT2D eigenvalue weighted by atomic mass is 16.3. The lowest BCUT2D eigenvalue weighted by atomic mass is 9.86. The van der Waals surface area contributed by atoms with E-state index in [1.54, 1.807) is 13.8 Å². The molecule has 134 valence electrons. The molecule has 0 spiro atoms. The van der Waals surface area contributed by atoms with Gasteiger partial charge >= 0.3 is 0 Å². The zero-order chi connectivity index (χ0) is 16.8. The summed E-state index contributed by atoms with van der Waals surface area (Å²) in [6.45, 7) is 5.87. The molecule has 0 fully saturated rings. The summed E-state index contributed by atoms with van der Waals surface area (Å²) in [6.07, 6.45) is 13.7. The molecule has 3 unspecified atom stereocenters. The maximum absolute atomic E-state index is 9.58.